The van der Waals surface area contributed by atoms with Crippen LogP contribution >= 0.6 is 11.6 Å². The van der Waals surface area contributed by atoms with Crippen LogP contribution in [0.1, 0.15) is 12.5 Å². The number of benzene rings is 2. The molecule has 25 heavy (non-hydrogen) atoms. The maximum atomic E-state index is 12.5. The number of carbonyl (C=O) groups is 1. The van der Waals surface area contributed by atoms with Gasteiger partial charge in [0, 0.05) is 31.9 Å². The summed E-state index contributed by atoms with van der Waals surface area (Å²) < 4.78 is 0. The lowest BCUT2D eigenvalue weighted by atomic mass is 10.2. The van der Waals surface area contributed by atoms with Crippen LogP contribution in [-0.2, 0) is 4.79 Å². The van der Waals surface area contributed by atoms with Crippen molar-refractivity contribution < 1.29 is 4.79 Å². The SMILES string of the molecule is Cc1ccc(NC(=O)C(C)N2CCN(c3ccccc3Cl)CC2)cc1. The van der Waals surface area contributed by atoms with Gasteiger partial charge in [0.05, 0.1) is 16.8 Å². The van der Waals surface area contributed by atoms with Gasteiger partial charge in [-0.15, -0.1) is 0 Å². The molecule has 0 aliphatic carbocycles. The van der Waals surface area contributed by atoms with Crippen molar-refractivity contribution in [3.05, 3.63) is 59.1 Å². The minimum Gasteiger partial charge on any atom is -0.368 e. The van der Waals surface area contributed by atoms with Gasteiger partial charge in [-0.05, 0) is 38.1 Å². The second-order valence-corrected chi connectivity index (χ2v) is 6.91. The van der Waals surface area contributed by atoms with Crippen LogP contribution in [0.25, 0.3) is 0 Å². The number of nitrogens with zero attached hydrogens (tertiary/aromatic N) is 2. The van der Waals surface area contributed by atoms with Gasteiger partial charge in [-0.3, -0.25) is 9.69 Å². The summed E-state index contributed by atoms with van der Waals surface area (Å²) in [6.07, 6.45) is 0. The molecule has 1 fully saturated rings. The Balaban J connectivity index is 1.56. The molecule has 0 saturated carbocycles. The van der Waals surface area contributed by atoms with Crippen molar-refractivity contribution in [2.45, 2.75) is 19.9 Å². The summed E-state index contributed by atoms with van der Waals surface area (Å²) in [4.78, 5) is 17.0. The van der Waals surface area contributed by atoms with E-state index in [0.717, 1.165) is 42.6 Å². The maximum Gasteiger partial charge on any atom is 0.241 e. The summed E-state index contributed by atoms with van der Waals surface area (Å²) in [6, 6.07) is 15.6. The summed E-state index contributed by atoms with van der Waals surface area (Å²) >= 11 is 6.29. The van der Waals surface area contributed by atoms with Crippen molar-refractivity contribution in [1.29, 1.82) is 0 Å². The van der Waals surface area contributed by atoms with Gasteiger partial charge in [-0.1, -0.05) is 41.4 Å². The van der Waals surface area contributed by atoms with Gasteiger partial charge in [0.15, 0.2) is 0 Å². The van der Waals surface area contributed by atoms with Crippen LogP contribution in [-0.4, -0.2) is 43.0 Å². The van der Waals surface area contributed by atoms with E-state index < -0.39 is 0 Å². The van der Waals surface area contributed by atoms with Crippen LogP contribution in [0.4, 0.5) is 11.4 Å². The standard InChI is InChI=1S/C20H24ClN3O/c1-15-7-9-17(10-8-15)22-20(25)16(2)23-11-13-24(14-12-23)19-6-4-3-5-18(19)21/h3-10,16H,11-14H2,1-2H3,(H,22,25). The van der Waals surface area contributed by atoms with Crippen LogP contribution in [0.5, 0.6) is 0 Å². The molecule has 2 aromatic rings. The van der Waals surface area contributed by atoms with E-state index in [-0.39, 0.29) is 11.9 Å². The zero-order valence-electron chi connectivity index (χ0n) is 14.7. The fourth-order valence-electron chi connectivity index (χ4n) is 3.11. The van der Waals surface area contributed by atoms with Crippen molar-refractivity contribution in [3.8, 4) is 0 Å². The maximum absolute atomic E-state index is 12.5. The normalized spacial score (nSPS) is 16.5. The summed E-state index contributed by atoms with van der Waals surface area (Å²) in [7, 11) is 0. The number of aryl methyl sites for hydroxylation is 1. The molecule has 1 atom stereocenters. The molecule has 0 spiro atoms. The fourth-order valence-corrected chi connectivity index (χ4v) is 3.36. The minimum absolute atomic E-state index is 0.0371. The predicted octanol–water partition coefficient (Wildman–Crippen LogP) is 3.80. The summed E-state index contributed by atoms with van der Waals surface area (Å²) in [6.45, 7) is 7.42. The Labute approximate surface area is 154 Å². The topological polar surface area (TPSA) is 35.6 Å². The van der Waals surface area contributed by atoms with Crippen molar-refractivity contribution in [2.24, 2.45) is 0 Å². The predicted molar refractivity (Wildman–Crippen MR) is 105 cm³/mol. The monoisotopic (exact) mass is 357 g/mol. The Kier molecular flexibility index (Phi) is 5.61. The lowest BCUT2D eigenvalue weighted by molar-refractivity contribution is -0.120. The molecule has 3 rings (SSSR count). The highest BCUT2D eigenvalue weighted by molar-refractivity contribution is 6.33. The third-order valence-electron chi connectivity index (χ3n) is 4.75. The molecule has 1 N–H and O–H groups in total. The van der Waals surface area contributed by atoms with E-state index in [0.29, 0.717) is 0 Å². The highest BCUT2D eigenvalue weighted by Crippen LogP contribution is 2.26. The number of carbonyl (C=O) groups excluding carboxylic acids is 1. The number of para-hydroxylation sites is 1. The third-order valence-corrected chi connectivity index (χ3v) is 5.07. The Morgan fingerprint density at radius 1 is 1.04 bits per heavy atom. The van der Waals surface area contributed by atoms with Crippen molar-refractivity contribution in [3.63, 3.8) is 0 Å². The van der Waals surface area contributed by atoms with E-state index >= 15 is 0 Å². The fraction of sp³-hybridized carbons (Fsp3) is 0.350. The van der Waals surface area contributed by atoms with Gasteiger partial charge in [-0.2, -0.15) is 0 Å². The molecule has 0 aromatic heterocycles. The van der Waals surface area contributed by atoms with Gasteiger partial charge in [0.2, 0.25) is 5.91 Å². The van der Waals surface area contributed by atoms with Gasteiger partial charge in [0.1, 0.15) is 0 Å². The van der Waals surface area contributed by atoms with E-state index in [1.807, 2.05) is 62.4 Å². The minimum atomic E-state index is -0.158. The molecular formula is C20H24ClN3O. The Morgan fingerprint density at radius 2 is 1.68 bits per heavy atom. The molecule has 0 radical (unpaired) electrons. The first-order chi connectivity index (χ1) is 12.0. The molecular weight excluding hydrogens is 334 g/mol. The average molecular weight is 358 g/mol. The second-order valence-electron chi connectivity index (χ2n) is 6.51. The van der Waals surface area contributed by atoms with Crippen LogP contribution in [0.15, 0.2) is 48.5 Å². The zero-order chi connectivity index (χ0) is 17.8. The number of hydrogen-bond donors (Lipinski definition) is 1. The van der Waals surface area contributed by atoms with E-state index in [9.17, 15) is 4.79 Å². The zero-order valence-corrected chi connectivity index (χ0v) is 15.5. The number of rotatable bonds is 4. The van der Waals surface area contributed by atoms with Gasteiger partial charge in [0.25, 0.3) is 0 Å². The lowest BCUT2D eigenvalue weighted by Gasteiger charge is -2.38. The molecule has 1 heterocycles. The molecule has 1 aliphatic rings. The van der Waals surface area contributed by atoms with Crippen molar-refractivity contribution in [2.75, 3.05) is 36.4 Å². The number of amides is 1. The van der Waals surface area contributed by atoms with Gasteiger partial charge >= 0.3 is 0 Å². The molecule has 5 heteroatoms. The number of halogens is 1. The van der Waals surface area contributed by atoms with E-state index in [2.05, 4.69) is 15.1 Å². The third kappa shape index (κ3) is 4.33. The Bertz CT molecular complexity index is 724. The number of hydrogen-bond acceptors (Lipinski definition) is 3. The first-order valence-corrected chi connectivity index (χ1v) is 9.03. The lowest BCUT2D eigenvalue weighted by Crippen LogP contribution is -2.52. The summed E-state index contributed by atoms with van der Waals surface area (Å²) in [5, 5.41) is 3.78. The smallest absolute Gasteiger partial charge is 0.241 e. The van der Waals surface area contributed by atoms with Crippen molar-refractivity contribution >= 4 is 28.9 Å². The second kappa shape index (κ2) is 7.89. The van der Waals surface area contributed by atoms with Crippen LogP contribution < -0.4 is 10.2 Å². The first-order valence-electron chi connectivity index (χ1n) is 8.65. The van der Waals surface area contributed by atoms with E-state index in [1.165, 1.54) is 5.56 Å². The first kappa shape index (κ1) is 17.8. The van der Waals surface area contributed by atoms with Crippen molar-refractivity contribution in [1.82, 2.24) is 4.90 Å². The molecule has 1 saturated heterocycles. The number of piperazine rings is 1. The molecule has 1 aliphatic heterocycles. The van der Waals surface area contributed by atoms with E-state index in [1.54, 1.807) is 0 Å². The Hall–Kier alpha value is -2.04. The molecule has 0 bridgehead atoms. The van der Waals surface area contributed by atoms with Gasteiger partial charge < -0.3 is 10.2 Å². The Morgan fingerprint density at radius 3 is 2.32 bits per heavy atom. The average Bonchev–Trinajstić information content (AvgIpc) is 2.63. The summed E-state index contributed by atoms with van der Waals surface area (Å²) in [5.74, 6) is 0.0371. The highest BCUT2D eigenvalue weighted by Gasteiger charge is 2.26. The summed E-state index contributed by atoms with van der Waals surface area (Å²) in [5.41, 5.74) is 3.10. The molecule has 4 nitrogen and oxygen atoms in total. The number of nitrogens with one attached hydrogen (secondary N) is 1. The molecule has 1 amide bonds. The largest absolute Gasteiger partial charge is 0.368 e. The van der Waals surface area contributed by atoms with Crippen LogP contribution in [0.3, 0.4) is 0 Å². The van der Waals surface area contributed by atoms with Crippen LogP contribution in [0.2, 0.25) is 5.02 Å². The quantitative estimate of drug-likeness (QED) is 0.904. The number of anilines is 2. The van der Waals surface area contributed by atoms with Gasteiger partial charge in [-0.25, -0.2) is 0 Å². The highest BCUT2D eigenvalue weighted by atomic mass is 35.5. The van der Waals surface area contributed by atoms with E-state index in [4.69, 9.17) is 11.6 Å². The molecule has 2 aromatic carbocycles. The van der Waals surface area contributed by atoms with Crippen LogP contribution in [0, 0.1) is 6.92 Å². The molecule has 1 unspecified atom stereocenters. The molecule has 132 valence electrons.